The van der Waals surface area contributed by atoms with Gasteiger partial charge in [-0.25, -0.2) is 0 Å². The Morgan fingerprint density at radius 1 is 1.17 bits per heavy atom. The number of ether oxygens (including phenoxy) is 1. The molecule has 0 unspecified atom stereocenters. The minimum atomic E-state index is -0.118. The highest BCUT2D eigenvalue weighted by Crippen LogP contribution is 2.42. The van der Waals surface area contributed by atoms with Crippen molar-refractivity contribution in [3.63, 3.8) is 0 Å². The molecule has 1 fully saturated rings. The molecular formula is C17H15Cl2NO2S. The van der Waals surface area contributed by atoms with Gasteiger partial charge in [0.1, 0.15) is 11.1 Å². The van der Waals surface area contributed by atoms with Gasteiger partial charge >= 0.3 is 0 Å². The van der Waals surface area contributed by atoms with E-state index in [4.69, 9.17) is 27.9 Å². The zero-order valence-corrected chi connectivity index (χ0v) is 14.6. The molecule has 1 heterocycles. The summed E-state index contributed by atoms with van der Waals surface area (Å²) in [6.45, 7) is 0.689. The molecule has 3 nitrogen and oxygen atoms in total. The monoisotopic (exact) mass is 367 g/mol. The van der Waals surface area contributed by atoms with Gasteiger partial charge in [0.25, 0.3) is 5.91 Å². The minimum Gasteiger partial charge on any atom is -0.484 e. The number of thioether (sulfide) groups is 1. The van der Waals surface area contributed by atoms with E-state index in [-0.39, 0.29) is 17.9 Å². The second kappa shape index (κ2) is 7.47. The molecule has 3 rings (SSSR count). The summed E-state index contributed by atoms with van der Waals surface area (Å²) in [5.74, 6) is 1.50. The van der Waals surface area contributed by atoms with Crippen LogP contribution in [0.5, 0.6) is 5.75 Å². The minimum absolute atomic E-state index is 0.0132. The van der Waals surface area contributed by atoms with E-state index < -0.39 is 0 Å². The van der Waals surface area contributed by atoms with Crippen molar-refractivity contribution in [1.82, 2.24) is 4.90 Å². The second-order valence-corrected chi connectivity index (χ2v) is 7.03. The Labute approximate surface area is 149 Å². The molecule has 1 aliphatic rings. The summed E-state index contributed by atoms with van der Waals surface area (Å²) < 4.78 is 5.56. The molecule has 1 atom stereocenters. The van der Waals surface area contributed by atoms with E-state index >= 15 is 0 Å². The second-order valence-electron chi connectivity index (χ2n) is 5.06. The first-order valence-corrected chi connectivity index (χ1v) is 9.00. The topological polar surface area (TPSA) is 29.5 Å². The van der Waals surface area contributed by atoms with Crippen LogP contribution in [0.15, 0.2) is 48.5 Å². The van der Waals surface area contributed by atoms with Crippen molar-refractivity contribution in [2.75, 3.05) is 18.9 Å². The Bertz CT molecular complexity index is 696. The van der Waals surface area contributed by atoms with E-state index in [0.29, 0.717) is 22.3 Å². The number of hydrogen-bond acceptors (Lipinski definition) is 3. The van der Waals surface area contributed by atoms with Crippen molar-refractivity contribution >= 4 is 40.9 Å². The number of halogens is 2. The van der Waals surface area contributed by atoms with Crippen LogP contribution in [0.3, 0.4) is 0 Å². The Morgan fingerprint density at radius 2 is 1.96 bits per heavy atom. The summed E-state index contributed by atoms with van der Waals surface area (Å²) >= 11 is 14.1. The lowest BCUT2D eigenvalue weighted by atomic mass is 10.2. The maximum absolute atomic E-state index is 12.5. The lowest BCUT2D eigenvalue weighted by Crippen LogP contribution is -2.34. The smallest absolute Gasteiger partial charge is 0.261 e. The van der Waals surface area contributed by atoms with E-state index in [2.05, 4.69) is 0 Å². The number of amides is 1. The van der Waals surface area contributed by atoms with Crippen molar-refractivity contribution in [3.8, 4) is 5.75 Å². The fourth-order valence-corrected chi connectivity index (χ4v) is 4.22. The third kappa shape index (κ3) is 3.77. The molecule has 1 aliphatic heterocycles. The predicted molar refractivity (Wildman–Crippen MR) is 95.3 cm³/mol. The summed E-state index contributed by atoms with van der Waals surface area (Å²) in [6, 6.07) is 14.8. The molecule has 2 aromatic carbocycles. The number of carbonyl (C=O) groups is 1. The first-order valence-electron chi connectivity index (χ1n) is 7.19. The highest BCUT2D eigenvalue weighted by atomic mass is 35.5. The fraction of sp³-hybridized carbons (Fsp3) is 0.235. The number of rotatable bonds is 4. The van der Waals surface area contributed by atoms with E-state index in [1.54, 1.807) is 22.7 Å². The predicted octanol–water partition coefficient (Wildman–Crippen LogP) is 4.65. The molecule has 0 aliphatic carbocycles. The van der Waals surface area contributed by atoms with Gasteiger partial charge in [0.05, 0.1) is 10.0 Å². The van der Waals surface area contributed by atoms with Crippen LogP contribution in [0.1, 0.15) is 10.9 Å². The van der Waals surface area contributed by atoms with Crippen molar-refractivity contribution in [3.05, 3.63) is 64.1 Å². The van der Waals surface area contributed by atoms with Gasteiger partial charge in [-0.3, -0.25) is 4.79 Å². The average molecular weight is 368 g/mol. The molecule has 120 valence electrons. The van der Waals surface area contributed by atoms with Gasteiger partial charge in [-0.2, -0.15) is 0 Å². The molecule has 1 amide bonds. The van der Waals surface area contributed by atoms with Gasteiger partial charge in [0, 0.05) is 17.9 Å². The van der Waals surface area contributed by atoms with Crippen LogP contribution in [0.25, 0.3) is 0 Å². The maximum Gasteiger partial charge on any atom is 0.261 e. The normalized spacial score (nSPS) is 17.3. The van der Waals surface area contributed by atoms with Crippen LogP contribution in [0.4, 0.5) is 0 Å². The lowest BCUT2D eigenvalue weighted by Gasteiger charge is -2.25. The summed E-state index contributed by atoms with van der Waals surface area (Å²) in [5, 5.41) is 0.896. The zero-order valence-electron chi connectivity index (χ0n) is 12.2. The van der Waals surface area contributed by atoms with E-state index in [1.165, 1.54) is 0 Å². The van der Waals surface area contributed by atoms with Crippen molar-refractivity contribution < 1.29 is 9.53 Å². The van der Waals surface area contributed by atoms with Crippen LogP contribution in [-0.2, 0) is 4.79 Å². The fourth-order valence-electron chi connectivity index (χ4n) is 2.44. The van der Waals surface area contributed by atoms with Crippen LogP contribution in [0.2, 0.25) is 10.0 Å². The first kappa shape index (κ1) is 16.5. The Morgan fingerprint density at radius 3 is 2.74 bits per heavy atom. The van der Waals surface area contributed by atoms with Gasteiger partial charge in [0.2, 0.25) is 0 Å². The highest BCUT2D eigenvalue weighted by molar-refractivity contribution is 7.99. The van der Waals surface area contributed by atoms with Gasteiger partial charge < -0.3 is 9.64 Å². The zero-order chi connectivity index (χ0) is 16.2. The number of para-hydroxylation sites is 1. The molecule has 0 N–H and O–H groups in total. The third-order valence-corrected chi connectivity index (χ3v) is 5.64. The number of benzene rings is 2. The molecule has 2 aromatic rings. The Kier molecular flexibility index (Phi) is 5.36. The highest BCUT2D eigenvalue weighted by Gasteiger charge is 2.32. The van der Waals surface area contributed by atoms with Gasteiger partial charge in [0.15, 0.2) is 6.61 Å². The molecule has 0 aromatic heterocycles. The SMILES string of the molecule is O=C(COc1ccccc1)N1CCS[C@H]1c1cccc(Cl)c1Cl. The Balaban J connectivity index is 1.71. The average Bonchev–Trinajstić information content (AvgIpc) is 3.05. The van der Waals surface area contributed by atoms with Crippen molar-refractivity contribution in [2.45, 2.75) is 5.37 Å². The van der Waals surface area contributed by atoms with E-state index in [0.717, 1.165) is 11.3 Å². The Hall–Kier alpha value is -1.36. The molecule has 6 heteroatoms. The van der Waals surface area contributed by atoms with Gasteiger partial charge in [-0.1, -0.05) is 53.5 Å². The van der Waals surface area contributed by atoms with Crippen molar-refractivity contribution in [2.24, 2.45) is 0 Å². The first-order chi connectivity index (χ1) is 11.2. The van der Waals surface area contributed by atoms with E-state index in [9.17, 15) is 4.79 Å². The van der Waals surface area contributed by atoms with Gasteiger partial charge in [-0.05, 0) is 18.2 Å². The molecule has 0 bridgehead atoms. The number of nitrogens with zero attached hydrogens (tertiary/aromatic N) is 1. The molecule has 0 spiro atoms. The molecule has 0 saturated carbocycles. The van der Waals surface area contributed by atoms with Crippen LogP contribution < -0.4 is 4.74 Å². The maximum atomic E-state index is 12.5. The summed E-state index contributed by atoms with van der Waals surface area (Å²) in [6.07, 6.45) is 0. The quantitative estimate of drug-likeness (QED) is 0.787. The standard InChI is InChI=1S/C17H15Cl2NO2S/c18-14-8-4-7-13(16(14)19)17-20(9-10-23-17)15(21)11-22-12-5-2-1-3-6-12/h1-8,17H,9-11H2/t17-/m0/s1. The third-order valence-electron chi connectivity index (χ3n) is 3.56. The summed E-state index contributed by atoms with van der Waals surface area (Å²) in [4.78, 5) is 14.3. The molecule has 23 heavy (non-hydrogen) atoms. The number of hydrogen-bond donors (Lipinski definition) is 0. The number of carbonyl (C=O) groups excluding carboxylic acids is 1. The molecule has 0 radical (unpaired) electrons. The molecular weight excluding hydrogens is 353 g/mol. The van der Waals surface area contributed by atoms with Crippen molar-refractivity contribution in [1.29, 1.82) is 0 Å². The van der Waals surface area contributed by atoms with E-state index in [1.807, 2.05) is 42.5 Å². The summed E-state index contributed by atoms with van der Waals surface area (Å²) in [7, 11) is 0. The largest absolute Gasteiger partial charge is 0.484 e. The van der Waals surface area contributed by atoms with Crippen LogP contribution in [-0.4, -0.2) is 29.7 Å². The lowest BCUT2D eigenvalue weighted by molar-refractivity contribution is -0.133. The van der Waals surface area contributed by atoms with Crippen LogP contribution in [0, 0.1) is 0 Å². The summed E-state index contributed by atoms with van der Waals surface area (Å²) in [5.41, 5.74) is 0.870. The van der Waals surface area contributed by atoms with Gasteiger partial charge in [-0.15, -0.1) is 11.8 Å². The molecule has 1 saturated heterocycles. The van der Waals surface area contributed by atoms with Crippen LogP contribution >= 0.6 is 35.0 Å².